The van der Waals surface area contributed by atoms with Gasteiger partial charge in [0.05, 0.1) is 25.5 Å². The van der Waals surface area contributed by atoms with E-state index in [1.807, 2.05) is 42.8 Å². The number of pyridine rings is 1. The topological polar surface area (TPSA) is 53.4 Å². The molecule has 1 aliphatic rings. The Morgan fingerprint density at radius 2 is 2.00 bits per heavy atom. The van der Waals surface area contributed by atoms with E-state index >= 15 is 0 Å². The van der Waals surface area contributed by atoms with Crippen molar-refractivity contribution in [3.63, 3.8) is 0 Å². The molecule has 25 heavy (non-hydrogen) atoms. The molecule has 0 radical (unpaired) electrons. The Balaban J connectivity index is 1.59. The average molecular weight is 354 g/mol. The minimum Gasteiger partial charge on any atom is -0.490 e. The molecule has 0 saturated heterocycles. The third-order valence-corrected chi connectivity index (χ3v) is 4.89. The molecule has 1 aliphatic heterocycles. The minimum atomic E-state index is -0.00710. The molecule has 2 aromatic heterocycles. The molecule has 5 nitrogen and oxygen atoms in total. The normalized spacial score (nSPS) is 13.5. The van der Waals surface area contributed by atoms with Crippen LogP contribution in [0.1, 0.15) is 17.0 Å². The highest BCUT2D eigenvalue weighted by molar-refractivity contribution is 7.09. The van der Waals surface area contributed by atoms with Crippen LogP contribution >= 0.6 is 11.3 Å². The fourth-order valence-corrected chi connectivity index (χ4v) is 3.52. The summed E-state index contributed by atoms with van der Waals surface area (Å²) in [6.07, 6.45) is 2.70. The molecule has 3 aromatic rings. The Hall–Kier alpha value is -2.60. The van der Waals surface area contributed by atoms with Gasteiger partial charge in [-0.15, -0.1) is 11.3 Å². The van der Waals surface area contributed by atoms with Crippen LogP contribution in [0.3, 0.4) is 0 Å². The van der Waals surface area contributed by atoms with Crippen molar-refractivity contribution in [1.29, 1.82) is 0 Å². The molecule has 0 saturated carbocycles. The van der Waals surface area contributed by atoms with E-state index in [1.165, 1.54) is 0 Å². The number of aromatic nitrogens is 2. The third-order valence-electron chi connectivity index (χ3n) is 4.05. The van der Waals surface area contributed by atoms with Crippen molar-refractivity contribution in [1.82, 2.24) is 9.55 Å². The predicted molar refractivity (Wildman–Crippen MR) is 97.7 cm³/mol. The van der Waals surface area contributed by atoms with Gasteiger partial charge in [0.1, 0.15) is 5.01 Å². The Morgan fingerprint density at radius 1 is 1.16 bits per heavy atom. The molecule has 0 fully saturated rings. The fourth-order valence-electron chi connectivity index (χ4n) is 2.72. The highest BCUT2D eigenvalue weighted by Gasteiger charge is 2.13. The van der Waals surface area contributed by atoms with Crippen LogP contribution in [0.5, 0.6) is 11.5 Å². The highest BCUT2D eigenvalue weighted by atomic mass is 32.1. The van der Waals surface area contributed by atoms with Crippen LogP contribution in [-0.2, 0) is 6.54 Å². The molecule has 3 heterocycles. The van der Waals surface area contributed by atoms with Gasteiger partial charge in [-0.1, -0.05) is 0 Å². The average Bonchev–Trinajstić information content (AvgIpc) is 2.94. The Labute approximate surface area is 149 Å². The van der Waals surface area contributed by atoms with Crippen LogP contribution in [0, 0.1) is 6.92 Å². The summed E-state index contributed by atoms with van der Waals surface area (Å²) >= 11 is 1.55. The predicted octanol–water partition coefficient (Wildman–Crippen LogP) is 3.49. The van der Waals surface area contributed by atoms with Crippen LogP contribution < -0.4 is 15.0 Å². The first kappa shape index (κ1) is 15.9. The van der Waals surface area contributed by atoms with Gasteiger partial charge in [0.2, 0.25) is 0 Å². The summed E-state index contributed by atoms with van der Waals surface area (Å²) in [5.41, 5.74) is 2.83. The number of thiazole rings is 1. The van der Waals surface area contributed by atoms with E-state index in [9.17, 15) is 4.79 Å². The SMILES string of the molecule is Cc1ccn(Cc2nc(-c3ccc4c(c3)OCCCO4)cs2)c(=O)c1. The van der Waals surface area contributed by atoms with E-state index in [4.69, 9.17) is 9.47 Å². The Kier molecular flexibility index (Phi) is 4.28. The lowest BCUT2D eigenvalue weighted by atomic mass is 10.1. The van der Waals surface area contributed by atoms with Crippen molar-refractivity contribution in [2.75, 3.05) is 13.2 Å². The zero-order valence-corrected chi connectivity index (χ0v) is 14.7. The van der Waals surface area contributed by atoms with Crippen molar-refractivity contribution in [3.8, 4) is 22.8 Å². The highest BCUT2D eigenvalue weighted by Crippen LogP contribution is 2.34. The summed E-state index contributed by atoms with van der Waals surface area (Å²) in [5.74, 6) is 1.54. The second-order valence-corrected chi connectivity index (χ2v) is 6.95. The first-order valence-electron chi connectivity index (χ1n) is 8.20. The molecule has 4 rings (SSSR count). The maximum atomic E-state index is 12.0. The smallest absolute Gasteiger partial charge is 0.251 e. The van der Waals surface area contributed by atoms with E-state index in [0.29, 0.717) is 19.8 Å². The Bertz CT molecular complexity index is 961. The molecular weight excluding hydrogens is 336 g/mol. The zero-order chi connectivity index (χ0) is 17.2. The summed E-state index contributed by atoms with van der Waals surface area (Å²) in [6, 6.07) is 9.46. The molecule has 0 N–H and O–H groups in total. The van der Waals surface area contributed by atoms with Crippen LogP contribution in [0.15, 0.2) is 46.7 Å². The van der Waals surface area contributed by atoms with Crippen molar-refractivity contribution in [2.24, 2.45) is 0 Å². The van der Waals surface area contributed by atoms with Gasteiger partial charge in [0, 0.05) is 29.6 Å². The second kappa shape index (κ2) is 6.72. The van der Waals surface area contributed by atoms with E-state index in [1.54, 1.807) is 22.0 Å². The molecule has 128 valence electrons. The van der Waals surface area contributed by atoms with Gasteiger partial charge >= 0.3 is 0 Å². The third kappa shape index (κ3) is 3.44. The molecule has 0 atom stereocenters. The monoisotopic (exact) mass is 354 g/mol. The number of fused-ring (bicyclic) bond motifs is 1. The van der Waals surface area contributed by atoms with Crippen LogP contribution in [-0.4, -0.2) is 22.8 Å². The molecule has 0 spiro atoms. The number of hydrogen-bond acceptors (Lipinski definition) is 5. The maximum Gasteiger partial charge on any atom is 0.251 e. The van der Waals surface area contributed by atoms with Crippen molar-refractivity contribution in [3.05, 3.63) is 62.8 Å². The van der Waals surface area contributed by atoms with Gasteiger partial charge in [-0.05, 0) is 36.8 Å². The molecule has 0 amide bonds. The van der Waals surface area contributed by atoms with Crippen molar-refractivity contribution < 1.29 is 9.47 Å². The van der Waals surface area contributed by atoms with Crippen LogP contribution in [0.4, 0.5) is 0 Å². The number of benzene rings is 1. The zero-order valence-electron chi connectivity index (χ0n) is 13.9. The van der Waals surface area contributed by atoms with Crippen molar-refractivity contribution >= 4 is 11.3 Å². The minimum absolute atomic E-state index is 0.00710. The van der Waals surface area contributed by atoms with E-state index in [-0.39, 0.29) is 5.56 Å². The van der Waals surface area contributed by atoms with Crippen LogP contribution in [0.2, 0.25) is 0 Å². The first-order valence-corrected chi connectivity index (χ1v) is 9.08. The maximum absolute atomic E-state index is 12.0. The summed E-state index contributed by atoms with van der Waals surface area (Å²) < 4.78 is 13.1. The number of ether oxygens (including phenoxy) is 2. The fraction of sp³-hybridized carbons (Fsp3) is 0.263. The van der Waals surface area contributed by atoms with Gasteiger partial charge in [-0.25, -0.2) is 4.98 Å². The van der Waals surface area contributed by atoms with Gasteiger partial charge in [-0.2, -0.15) is 0 Å². The number of aryl methyl sites for hydroxylation is 1. The van der Waals surface area contributed by atoms with E-state index < -0.39 is 0 Å². The number of rotatable bonds is 3. The quantitative estimate of drug-likeness (QED) is 0.722. The number of nitrogens with zero attached hydrogens (tertiary/aromatic N) is 2. The van der Waals surface area contributed by atoms with Gasteiger partial charge in [-0.3, -0.25) is 4.79 Å². The molecule has 6 heteroatoms. The van der Waals surface area contributed by atoms with E-state index in [2.05, 4.69) is 4.98 Å². The van der Waals surface area contributed by atoms with Crippen LogP contribution in [0.25, 0.3) is 11.3 Å². The lowest BCUT2D eigenvalue weighted by Gasteiger charge is -2.08. The van der Waals surface area contributed by atoms with Gasteiger partial charge in [0.15, 0.2) is 11.5 Å². The number of hydrogen-bond donors (Lipinski definition) is 0. The largest absolute Gasteiger partial charge is 0.490 e. The summed E-state index contributed by atoms with van der Waals surface area (Å²) in [7, 11) is 0. The molecule has 0 unspecified atom stereocenters. The first-order chi connectivity index (χ1) is 12.2. The van der Waals surface area contributed by atoms with Crippen molar-refractivity contribution in [2.45, 2.75) is 19.9 Å². The molecule has 0 aliphatic carbocycles. The van der Waals surface area contributed by atoms with Gasteiger partial charge in [0.25, 0.3) is 5.56 Å². The lowest BCUT2D eigenvalue weighted by Crippen LogP contribution is -2.19. The van der Waals surface area contributed by atoms with Gasteiger partial charge < -0.3 is 14.0 Å². The molecule has 0 bridgehead atoms. The second-order valence-electron chi connectivity index (χ2n) is 6.01. The lowest BCUT2D eigenvalue weighted by molar-refractivity contribution is 0.297. The van der Waals surface area contributed by atoms with E-state index in [0.717, 1.165) is 39.7 Å². The molecular formula is C19H18N2O3S. The summed E-state index contributed by atoms with van der Waals surface area (Å²) in [6.45, 7) is 3.74. The summed E-state index contributed by atoms with van der Waals surface area (Å²) in [5, 5.41) is 2.90. The standard InChI is InChI=1S/C19H18N2O3S/c1-13-5-6-21(19(22)9-13)11-18-20-15(12-25-18)14-3-4-16-17(10-14)24-8-2-7-23-16/h3-6,9-10,12H,2,7-8,11H2,1H3. The summed E-state index contributed by atoms with van der Waals surface area (Å²) in [4.78, 5) is 16.7. The molecule has 1 aromatic carbocycles. The Morgan fingerprint density at radius 3 is 2.84 bits per heavy atom.